The summed E-state index contributed by atoms with van der Waals surface area (Å²) in [5.74, 6) is 2.93. The number of benzene rings is 4. The van der Waals surface area contributed by atoms with Crippen molar-refractivity contribution in [2.75, 3.05) is 48.5 Å². The largest absolute Gasteiger partial charge is 0.493 e. The minimum Gasteiger partial charge on any atom is -0.493 e. The van der Waals surface area contributed by atoms with Gasteiger partial charge in [0.05, 0.1) is 39.1 Å². The number of hydrogen-bond acceptors (Lipinski definition) is 14. The molecule has 72 heavy (non-hydrogen) atoms. The molecular weight excluding hydrogens is 913 g/mol. The molecule has 18 nitrogen and oxygen atoms in total. The minimum atomic E-state index is -0.275. The normalized spacial score (nSPS) is 12.2. The van der Waals surface area contributed by atoms with Gasteiger partial charge in [-0.2, -0.15) is 0 Å². The van der Waals surface area contributed by atoms with E-state index in [-0.39, 0.29) is 36.5 Å². The number of carbonyl (C=O) groups excluding carboxylic acids is 2. The summed E-state index contributed by atoms with van der Waals surface area (Å²) in [5.41, 5.74) is 22.4. The Bertz CT molecular complexity index is 2950. The summed E-state index contributed by atoms with van der Waals surface area (Å²) >= 11 is 0. The molecule has 372 valence electrons. The van der Waals surface area contributed by atoms with Gasteiger partial charge < -0.3 is 50.2 Å². The number of aromatic nitrogens is 8. The summed E-state index contributed by atoms with van der Waals surface area (Å²) in [5, 5.41) is 6.37. The van der Waals surface area contributed by atoms with Crippen molar-refractivity contribution in [2.45, 2.75) is 92.2 Å². The lowest BCUT2D eigenvalue weighted by Gasteiger charge is -2.24. The van der Waals surface area contributed by atoms with E-state index in [2.05, 4.69) is 92.5 Å². The quantitative estimate of drug-likeness (QED) is 0.0634. The Labute approximate surface area is 417 Å². The Morgan fingerprint density at radius 2 is 0.806 bits per heavy atom. The first kappa shape index (κ1) is 48.7. The summed E-state index contributed by atoms with van der Waals surface area (Å²) in [6, 6.07) is 20.4. The second-order valence-corrected chi connectivity index (χ2v) is 17.9. The summed E-state index contributed by atoms with van der Waals surface area (Å²) < 4.78 is 30.3. The lowest BCUT2D eigenvalue weighted by atomic mass is 9.90. The van der Waals surface area contributed by atoms with Crippen molar-refractivity contribution in [1.82, 2.24) is 39.0 Å². The van der Waals surface area contributed by atoms with Gasteiger partial charge in [-0.1, -0.05) is 64.1 Å². The van der Waals surface area contributed by atoms with E-state index < -0.39 is 0 Å². The standard InChI is InChI=1S/C54H60N12O6/c1-5-15-69-47-33-11-9-12-34(47)20-38-24-42(64-44(68)28-66-32-62-46-52(56)58-30-60-54(46)66)26-40(50(38)72-18-8-4)22-36-14-10-13-35(48(36)70-16-6-2)21-39-25-41(23-37(19-33)49(39)71-17-7-3)63-43(67)27-65-31-61-45-51(55)57-29-59-53(45)65/h9-14,23-26,29-32H,5-8,15-22,27-28H2,1-4H3,(H,63,67)(H,64,68)(H2,55,57,59)(H2,56,58,60). The zero-order valence-corrected chi connectivity index (χ0v) is 41.2. The van der Waals surface area contributed by atoms with Crippen LogP contribution in [0.2, 0.25) is 0 Å². The molecule has 0 spiro atoms. The number of fused-ring (bicyclic) bond motifs is 10. The van der Waals surface area contributed by atoms with Crippen LogP contribution in [-0.4, -0.2) is 77.3 Å². The maximum atomic E-state index is 14.0. The number of nitrogen functional groups attached to an aromatic ring is 2. The number of nitrogens with two attached hydrogens (primary N) is 2. The zero-order chi connectivity index (χ0) is 50.1. The van der Waals surface area contributed by atoms with E-state index in [0.717, 1.165) is 93.2 Å². The number of amides is 2. The molecule has 0 unspecified atom stereocenters. The average Bonchev–Trinajstić information content (AvgIpc) is 3.97. The molecule has 0 aliphatic heterocycles. The van der Waals surface area contributed by atoms with E-state index in [1.54, 1.807) is 21.8 Å². The van der Waals surface area contributed by atoms with Gasteiger partial charge in [0.1, 0.15) is 59.8 Å². The van der Waals surface area contributed by atoms with E-state index >= 15 is 0 Å². The second kappa shape index (κ2) is 22.2. The molecular formula is C54H60N12O6. The number of rotatable bonds is 18. The van der Waals surface area contributed by atoms with Crippen LogP contribution in [0.4, 0.5) is 23.0 Å². The van der Waals surface area contributed by atoms with Crippen molar-refractivity contribution in [3.8, 4) is 23.0 Å². The SMILES string of the molecule is CCCOc1c2cccc1Cc1cc(NC(=O)Cn3cnc4c(N)ncnc43)cc(c1OCCC)Cc1cccc(c1OCCC)Cc1cc(NC(=O)Cn3cnc4c(N)ncnc43)cc(c1OCCC)C2. The van der Waals surface area contributed by atoms with Gasteiger partial charge in [-0.15, -0.1) is 0 Å². The van der Waals surface area contributed by atoms with Gasteiger partial charge in [0.2, 0.25) is 11.8 Å². The average molecular weight is 973 g/mol. The predicted molar refractivity (Wildman–Crippen MR) is 277 cm³/mol. The second-order valence-electron chi connectivity index (χ2n) is 17.9. The first-order chi connectivity index (χ1) is 35.1. The number of imidazole rings is 2. The molecule has 4 aromatic heterocycles. The molecule has 0 radical (unpaired) electrons. The Morgan fingerprint density at radius 1 is 0.486 bits per heavy atom. The molecule has 0 saturated carbocycles. The molecule has 1 aliphatic carbocycles. The number of carbonyl (C=O) groups is 2. The van der Waals surface area contributed by atoms with Crippen LogP contribution >= 0.6 is 0 Å². The number of nitrogens with zero attached hydrogens (tertiary/aromatic N) is 8. The number of ether oxygens (including phenoxy) is 4. The Hall–Kier alpha value is -8.28. The monoisotopic (exact) mass is 972 g/mol. The Morgan fingerprint density at radius 3 is 1.12 bits per heavy atom. The summed E-state index contributed by atoms with van der Waals surface area (Å²) in [6.07, 6.45) is 10.6. The van der Waals surface area contributed by atoms with Crippen molar-refractivity contribution >= 4 is 57.2 Å². The van der Waals surface area contributed by atoms with Crippen molar-refractivity contribution in [3.63, 3.8) is 0 Å². The van der Waals surface area contributed by atoms with Gasteiger partial charge in [0, 0.05) is 59.3 Å². The molecule has 18 heteroatoms. The number of para-hydroxylation sites is 2. The van der Waals surface area contributed by atoms with Crippen LogP contribution in [0.1, 0.15) is 97.9 Å². The van der Waals surface area contributed by atoms with E-state index in [1.807, 2.05) is 36.4 Å². The zero-order valence-electron chi connectivity index (χ0n) is 41.2. The highest BCUT2D eigenvalue weighted by Crippen LogP contribution is 2.41. The van der Waals surface area contributed by atoms with Crippen LogP contribution < -0.4 is 41.0 Å². The highest BCUT2D eigenvalue weighted by Gasteiger charge is 2.25. The van der Waals surface area contributed by atoms with Crippen molar-refractivity contribution < 1.29 is 28.5 Å². The number of nitrogens with one attached hydrogen (secondary N) is 2. The lowest BCUT2D eigenvalue weighted by molar-refractivity contribution is -0.117. The summed E-state index contributed by atoms with van der Waals surface area (Å²) in [7, 11) is 0. The summed E-state index contributed by atoms with van der Waals surface area (Å²) in [6.45, 7) is 10.2. The molecule has 0 saturated heterocycles. The third-order valence-electron chi connectivity index (χ3n) is 12.2. The number of hydrogen-bond donors (Lipinski definition) is 4. The molecule has 8 aromatic rings. The molecule has 6 N–H and O–H groups in total. The first-order valence-electron chi connectivity index (χ1n) is 24.6. The maximum absolute atomic E-state index is 14.0. The third-order valence-corrected chi connectivity index (χ3v) is 12.2. The van der Waals surface area contributed by atoms with Crippen molar-refractivity contribution in [3.05, 3.63) is 130 Å². The van der Waals surface area contributed by atoms with Gasteiger partial charge in [-0.3, -0.25) is 9.59 Å². The highest BCUT2D eigenvalue weighted by atomic mass is 16.5. The Balaban J connectivity index is 1.18. The molecule has 8 bridgehead atoms. The molecule has 2 amide bonds. The molecule has 4 aromatic carbocycles. The topological polar surface area (TPSA) is 234 Å². The van der Waals surface area contributed by atoms with Crippen LogP contribution in [0.3, 0.4) is 0 Å². The van der Waals surface area contributed by atoms with Gasteiger partial charge in [0.25, 0.3) is 0 Å². The van der Waals surface area contributed by atoms with Gasteiger partial charge >= 0.3 is 0 Å². The minimum absolute atomic E-state index is 0.0535. The van der Waals surface area contributed by atoms with E-state index in [9.17, 15) is 9.59 Å². The first-order valence-corrected chi connectivity index (χ1v) is 24.6. The van der Waals surface area contributed by atoms with Gasteiger partial charge in [-0.05, 0) is 72.2 Å². The third kappa shape index (κ3) is 10.7. The van der Waals surface area contributed by atoms with E-state index in [0.29, 0.717) is 85.8 Å². The van der Waals surface area contributed by atoms with E-state index in [4.69, 9.17) is 30.4 Å². The smallest absolute Gasteiger partial charge is 0.244 e. The van der Waals surface area contributed by atoms with Crippen molar-refractivity contribution in [1.29, 1.82) is 0 Å². The van der Waals surface area contributed by atoms with Crippen LogP contribution in [0.25, 0.3) is 22.3 Å². The molecule has 0 fully saturated rings. The van der Waals surface area contributed by atoms with Gasteiger partial charge in [-0.25, -0.2) is 29.9 Å². The fraction of sp³-hybridized carbons (Fsp3) is 0.333. The molecule has 9 rings (SSSR count). The molecule has 4 heterocycles. The predicted octanol–water partition coefficient (Wildman–Crippen LogP) is 8.24. The van der Waals surface area contributed by atoms with Crippen LogP contribution in [-0.2, 0) is 48.4 Å². The van der Waals surface area contributed by atoms with Crippen LogP contribution in [0.15, 0.2) is 86.0 Å². The van der Waals surface area contributed by atoms with Crippen molar-refractivity contribution in [2.24, 2.45) is 0 Å². The summed E-state index contributed by atoms with van der Waals surface area (Å²) in [4.78, 5) is 53.5. The van der Waals surface area contributed by atoms with Gasteiger partial charge in [0.15, 0.2) is 22.9 Å². The van der Waals surface area contributed by atoms with Crippen LogP contribution in [0, 0.1) is 0 Å². The maximum Gasteiger partial charge on any atom is 0.244 e. The van der Waals surface area contributed by atoms with E-state index in [1.165, 1.54) is 12.7 Å². The number of anilines is 4. The highest BCUT2D eigenvalue weighted by molar-refractivity contribution is 5.93. The molecule has 1 aliphatic rings. The van der Waals surface area contributed by atoms with Crippen LogP contribution in [0.5, 0.6) is 23.0 Å². The molecule has 0 atom stereocenters. The lowest BCUT2D eigenvalue weighted by Crippen LogP contribution is -2.19. The Kier molecular flexibility index (Phi) is 15.0. The fourth-order valence-electron chi connectivity index (χ4n) is 9.13. The fourth-order valence-corrected chi connectivity index (χ4v) is 9.13.